The van der Waals surface area contributed by atoms with Crippen LogP contribution in [0, 0.1) is 11.3 Å². The van der Waals surface area contributed by atoms with Crippen LogP contribution in [-0.2, 0) is 9.53 Å². The van der Waals surface area contributed by atoms with E-state index in [9.17, 15) is 10.1 Å². The lowest BCUT2D eigenvalue weighted by Gasteiger charge is -2.26. The molecule has 102 valence electrons. The quantitative estimate of drug-likeness (QED) is 0.351. The van der Waals surface area contributed by atoms with Crippen LogP contribution in [0.1, 0.15) is 65.7 Å². The molecule has 0 aliphatic carbocycles. The number of ether oxygens (including phenoxy) is 1. The van der Waals surface area contributed by atoms with Crippen molar-refractivity contribution in [3.63, 3.8) is 0 Å². The highest BCUT2D eigenvalue weighted by Crippen LogP contribution is 2.27. The van der Waals surface area contributed by atoms with E-state index in [4.69, 9.17) is 4.74 Å². The summed E-state index contributed by atoms with van der Waals surface area (Å²) >= 11 is 0. The average Bonchev–Trinajstić information content (AvgIpc) is 2.31. The molecule has 3 nitrogen and oxygen atoms in total. The summed E-state index contributed by atoms with van der Waals surface area (Å²) in [5, 5.41) is 9.25. The molecule has 0 amide bonds. The predicted molar refractivity (Wildman–Crippen MR) is 72.9 cm³/mol. The molecule has 0 saturated carbocycles. The summed E-state index contributed by atoms with van der Waals surface area (Å²) in [4.78, 5) is 11.1. The SMILES string of the molecule is C=C(C)C(C#N)(CCCCCCCC)OC(C)=O. The van der Waals surface area contributed by atoms with E-state index in [1.54, 1.807) is 6.92 Å². The fraction of sp³-hybridized carbons (Fsp3) is 0.733. The van der Waals surface area contributed by atoms with Gasteiger partial charge in [0.05, 0.1) is 0 Å². The standard InChI is InChI=1S/C15H25NO2/c1-5-6-7-8-9-10-11-15(12-16,13(2)3)18-14(4)17/h2,5-11H2,1,3-4H3. The molecule has 0 aromatic carbocycles. The fourth-order valence-corrected chi connectivity index (χ4v) is 1.93. The second-order valence-corrected chi connectivity index (χ2v) is 4.83. The van der Waals surface area contributed by atoms with Gasteiger partial charge in [-0.15, -0.1) is 0 Å². The third-order valence-corrected chi connectivity index (χ3v) is 3.07. The molecular formula is C15H25NO2. The van der Waals surface area contributed by atoms with Gasteiger partial charge in [0.15, 0.2) is 0 Å². The minimum Gasteiger partial charge on any atom is -0.440 e. The number of carbonyl (C=O) groups is 1. The van der Waals surface area contributed by atoms with E-state index in [0.717, 1.165) is 12.8 Å². The van der Waals surface area contributed by atoms with Crippen LogP contribution in [0.15, 0.2) is 12.2 Å². The Bertz CT molecular complexity index is 317. The molecule has 0 aromatic rings. The van der Waals surface area contributed by atoms with Crippen molar-refractivity contribution in [2.24, 2.45) is 0 Å². The first-order chi connectivity index (χ1) is 8.48. The van der Waals surface area contributed by atoms with Crippen molar-refractivity contribution in [2.45, 2.75) is 71.3 Å². The van der Waals surface area contributed by atoms with E-state index >= 15 is 0 Å². The highest BCUT2D eigenvalue weighted by molar-refractivity contribution is 5.67. The Morgan fingerprint density at radius 1 is 1.22 bits per heavy atom. The Kier molecular flexibility index (Phi) is 8.11. The molecule has 0 saturated heterocycles. The van der Waals surface area contributed by atoms with Crippen molar-refractivity contribution >= 4 is 5.97 Å². The van der Waals surface area contributed by atoms with Crippen LogP contribution in [0.2, 0.25) is 0 Å². The second-order valence-electron chi connectivity index (χ2n) is 4.83. The molecular weight excluding hydrogens is 226 g/mol. The van der Waals surface area contributed by atoms with Crippen LogP contribution >= 0.6 is 0 Å². The highest BCUT2D eigenvalue weighted by atomic mass is 16.6. The number of carbonyl (C=O) groups excluding carboxylic acids is 1. The minimum absolute atomic E-state index is 0.425. The van der Waals surface area contributed by atoms with Crippen molar-refractivity contribution in [3.05, 3.63) is 12.2 Å². The van der Waals surface area contributed by atoms with Crippen LogP contribution < -0.4 is 0 Å². The lowest BCUT2D eigenvalue weighted by Crippen LogP contribution is -2.33. The normalized spacial score (nSPS) is 13.4. The second kappa shape index (κ2) is 8.74. The van der Waals surface area contributed by atoms with Gasteiger partial charge in [-0.25, -0.2) is 0 Å². The van der Waals surface area contributed by atoms with Crippen LogP contribution in [0.4, 0.5) is 0 Å². The van der Waals surface area contributed by atoms with Crippen molar-refractivity contribution in [1.82, 2.24) is 0 Å². The molecule has 1 atom stereocenters. The van der Waals surface area contributed by atoms with Gasteiger partial charge in [-0.1, -0.05) is 45.6 Å². The topological polar surface area (TPSA) is 50.1 Å². The van der Waals surface area contributed by atoms with Gasteiger partial charge in [-0.3, -0.25) is 4.79 Å². The zero-order chi connectivity index (χ0) is 14.0. The van der Waals surface area contributed by atoms with Gasteiger partial charge >= 0.3 is 5.97 Å². The van der Waals surface area contributed by atoms with Gasteiger partial charge in [-0.05, 0) is 18.9 Å². The van der Waals surface area contributed by atoms with Crippen molar-refractivity contribution in [2.75, 3.05) is 0 Å². The van der Waals surface area contributed by atoms with Gasteiger partial charge in [0, 0.05) is 13.3 Å². The van der Waals surface area contributed by atoms with Crippen LogP contribution in [0.5, 0.6) is 0 Å². The zero-order valence-corrected chi connectivity index (χ0v) is 11.9. The number of hydrogen-bond acceptors (Lipinski definition) is 3. The van der Waals surface area contributed by atoms with E-state index in [1.807, 2.05) is 0 Å². The summed E-state index contributed by atoms with van der Waals surface area (Å²) in [6, 6.07) is 2.11. The third kappa shape index (κ3) is 5.86. The molecule has 0 heterocycles. The molecule has 1 unspecified atom stereocenters. The Labute approximate surface area is 111 Å². The predicted octanol–water partition coefficient (Wildman–Crippen LogP) is 4.14. The monoisotopic (exact) mass is 251 g/mol. The van der Waals surface area contributed by atoms with Crippen molar-refractivity contribution in [3.8, 4) is 6.07 Å². The summed E-state index contributed by atoms with van der Waals surface area (Å²) in [6.07, 6.45) is 7.39. The average molecular weight is 251 g/mol. The molecule has 0 aliphatic heterocycles. The van der Waals surface area contributed by atoms with Gasteiger partial charge in [0.1, 0.15) is 6.07 Å². The molecule has 0 N–H and O–H groups in total. The summed E-state index contributed by atoms with van der Waals surface area (Å²) in [5.74, 6) is -0.425. The summed E-state index contributed by atoms with van der Waals surface area (Å²) in [7, 11) is 0. The molecule has 0 radical (unpaired) electrons. The maximum absolute atomic E-state index is 11.1. The maximum atomic E-state index is 11.1. The molecule has 0 rings (SSSR count). The number of esters is 1. The lowest BCUT2D eigenvalue weighted by atomic mass is 9.90. The Morgan fingerprint density at radius 2 is 1.78 bits per heavy atom. The number of nitrogens with zero attached hydrogens (tertiary/aromatic N) is 1. The zero-order valence-electron chi connectivity index (χ0n) is 11.9. The summed E-state index contributed by atoms with van der Waals surface area (Å²) < 4.78 is 5.18. The summed E-state index contributed by atoms with van der Waals surface area (Å²) in [5.41, 5.74) is -0.523. The van der Waals surface area contributed by atoms with Gasteiger partial charge in [0.25, 0.3) is 0 Å². The molecule has 3 heteroatoms. The first kappa shape index (κ1) is 16.7. The molecule has 0 aromatic heterocycles. The first-order valence-corrected chi connectivity index (χ1v) is 6.75. The van der Waals surface area contributed by atoms with E-state index < -0.39 is 11.6 Å². The number of unbranched alkanes of at least 4 members (excludes halogenated alkanes) is 5. The number of rotatable bonds is 9. The highest BCUT2D eigenvalue weighted by Gasteiger charge is 2.33. The largest absolute Gasteiger partial charge is 0.440 e. The third-order valence-electron chi connectivity index (χ3n) is 3.07. The molecule has 0 bridgehead atoms. The lowest BCUT2D eigenvalue weighted by molar-refractivity contribution is -0.149. The fourth-order valence-electron chi connectivity index (χ4n) is 1.93. The van der Waals surface area contributed by atoms with Gasteiger partial charge < -0.3 is 4.74 Å². The molecule has 0 fully saturated rings. The molecule has 18 heavy (non-hydrogen) atoms. The van der Waals surface area contributed by atoms with Gasteiger partial charge in [-0.2, -0.15) is 5.26 Å². The molecule has 0 spiro atoms. The smallest absolute Gasteiger partial charge is 0.304 e. The van der Waals surface area contributed by atoms with Crippen LogP contribution in [0.25, 0.3) is 0 Å². The van der Waals surface area contributed by atoms with E-state index in [2.05, 4.69) is 19.6 Å². The van der Waals surface area contributed by atoms with E-state index in [-0.39, 0.29) is 0 Å². The van der Waals surface area contributed by atoms with E-state index in [1.165, 1.54) is 32.6 Å². The van der Waals surface area contributed by atoms with Crippen LogP contribution in [0.3, 0.4) is 0 Å². The number of nitriles is 1. The maximum Gasteiger partial charge on any atom is 0.304 e. The number of hydrogen-bond donors (Lipinski definition) is 0. The summed E-state index contributed by atoms with van der Waals surface area (Å²) in [6.45, 7) is 9.03. The first-order valence-electron chi connectivity index (χ1n) is 6.75. The van der Waals surface area contributed by atoms with E-state index in [0.29, 0.717) is 12.0 Å². The molecule has 0 aliphatic rings. The van der Waals surface area contributed by atoms with Gasteiger partial charge in [0.2, 0.25) is 5.60 Å². The Hall–Kier alpha value is -1.30. The van der Waals surface area contributed by atoms with Crippen LogP contribution in [-0.4, -0.2) is 11.6 Å². The van der Waals surface area contributed by atoms with Crippen molar-refractivity contribution in [1.29, 1.82) is 5.26 Å². The van der Waals surface area contributed by atoms with Crippen molar-refractivity contribution < 1.29 is 9.53 Å². The minimum atomic E-state index is -1.13. The Balaban J connectivity index is 4.22. The Morgan fingerprint density at radius 3 is 2.22 bits per heavy atom.